The molecular formula is C7H12O2. The van der Waals surface area contributed by atoms with E-state index in [-0.39, 0.29) is 18.8 Å². The molecule has 0 radical (unpaired) electrons. The fourth-order valence-electron chi connectivity index (χ4n) is 0.504. The molecule has 1 N–H and O–H groups in total. The van der Waals surface area contributed by atoms with Crippen LogP contribution in [0.25, 0.3) is 0 Å². The average molecular weight is 128 g/mol. The van der Waals surface area contributed by atoms with Crippen LogP contribution in [0.1, 0.15) is 20.3 Å². The highest BCUT2D eigenvalue weighted by Gasteiger charge is 1.93. The second-order valence-corrected chi connectivity index (χ2v) is 2.16. The summed E-state index contributed by atoms with van der Waals surface area (Å²) in [5.41, 5.74) is 0.980. The van der Waals surface area contributed by atoms with Crippen LogP contribution < -0.4 is 0 Å². The lowest BCUT2D eigenvalue weighted by atomic mass is 10.2. The monoisotopic (exact) mass is 128 g/mol. The van der Waals surface area contributed by atoms with Crippen molar-refractivity contribution < 1.29 is 9.90 Å². The summed E-state index contributed by atoms with van der Waals surface area (Å²) in [6.07, 6.45) is 1.78. The maximum absolute atomic E-state index is 10.6. The zero-order valence-electron chi connectivity index (χ0n) is 5.85. The van der Waals surface area contributed by atoms with Crippen molar-refractivity contribution in [3.63, 3.8) is 0 Å². The first-order valence-electron chi connectivity index (χ1n) is 2.95. The molecule has 0 rings (SSSR count). The second kappa shape index (κ2) is 4.27. The number of aliphatic hydroxyl groups is 1. The van der Waals surface area contributed by atoms with Crippen molar-refractivity contribution in [2.45, 2.75) is 20.3 Å². The molecule has 0 amide bonds. The van der Waals surface area contributed by atoms with E-state index in [1.54, 1.807) is 0 Å². The molecule has 0 aliphatic heterocycles. The summed E-state index contributed by atoms with van der Waals surface area (Å²) in [5.74, 6) is -0.00231. The Morgan fingerprint density at radius 2 is 2.11 bits per heavy atom. The molecule has 0 aromatic rings. The maximum Gasteiger partial charge on any atom is 0.157 e. The first-order valence-corrected chi connectivity index (χ1v) is 2.95. The molecule has 0 saturated carbocycles. The molecule has 0 aromatic heterocycles. The fourth-order valence-corrected chi connectivity index (χ4v) is 0.504. The van der Waals surface area contributed by atoms with Crippen molar-refractivity contribution in [2.75, 3.05) is 6.61 Å². The maximum atomic E-state index is 10.6. The molecule has 0 atom stereocenters. The van der Waals surface area contributed by atoms with Gasteiger partial charge in [-0.05, 0) is 19.9 Å². The lowest BCUT2D eigenvalue weighted by Crippen LogP contribution is -1.96. The quantitative estimate of drug-likeness (QED) is 0.573. The standard InChI is InChI=1S/C7H12O2/c1-6(2)5-7(9)3-4-8/h5,8H,3-4H2,1-2H3. The van der Waals surface area contributed by atoms with Crippen LogP contribution in [0.4, 0.5) is 0 Å². The van der Waals surface area contributed by atoms with Crippen molar-refractivity contribution in [3.05, 3.63) is 11.6 Å². The molecule has 2 heteroatoms. The Morgan fingerprint density at radius 3 is 2.44 bits per heavy atom. The number of rotatable bonds is 3. The molecule has 0 aromatic carbocycles. The average Bonchev–Trinajstić information content (AvgIpc) is 1.63. The minimum Gasteiger partial charge on any atom is -0.396 e. The Morgan fingerprint density at radius 1 is 1.56 bits per heavy atom. The summed E-state index contributed by atoms with van der Waals surface area (Å²) in [4.78, 5) is 10.6. The van der Waals surface area contributed by atoms with Gasteiger partial charge in [0.1, 0.15) is 0 Å². The Kier molecular flexibility index (Phi) is 3.97. The number of carbonyl (C=O) groups excluding carboxylic acids is 1. The summed E-state index contributed by atoms with van der Waals surface area (Å²) in [5, 5.41) is 8.30. The van der Waals surface area contributed by atoms with E-state index in [4.69, 9.17) is 5.11 Å². The second-order valence-electron chi connectivity index (χ2n) is 2.16. The minimum atomic E-state index is -0.0530. The van der Waals surface area contributed by atoms with Crippen LogP contribution in [0.5, 0.6) is 0 Å². The van der Waals surface area contributed by atoms with Crippen molar-refractivity contribution in [1.82, 2.24) is 0 Å². The molecular weight excluding hydrogens is 116 g/mol. The predicted octanol–water partition coefficient (Wildman–Crippen LogP) is 0.904. The third-order valence-corrected chi connectivity index (χ3v) is 0.808. The number of hydrogen-bond acceptors (Lipinski definition) is 2. The van der Waals surface area contributed by atoms with Gasteiger partial charge in [-0.25, -0.2) is 0 Å². The van der Waals surface area contributed by atoms with E-state index in [0.29, 0.717) is 0 Å². The zero-order valence-corrected chi connectivity index (χ0v) is 5.85. The van der Waals surface area contributed by atoms with Gasteiger partial charge in [-0.2, -0.15) is 0 Å². The summed E-state index contributed by atoms with van der Waals surface area (Å²) in [7, 11) is 0. The fraction of sp³-hybridized carbons (Fsp3) is 0.571. The summed E-state index contributed by atoms with van der Waals surface area (Å²) >= 11 is 0. The lowest BCUT2D eigenvalue weighted by Gasteiger charge is -1.89. The minimum absolute atomic E-state index is 0.00231. The highest BCUT2D eigenvalue weighted by Crippen LogP contribution is 1.91. The number of carbonyl (C=O) groups is 1. The van der Waals surface area contributed by atoms with Gasteiger partial charge in [0.05, 0.1) is 6.61 Å². The third kappa shape index (κ3) is 5.24. The van der Waals surface area contributed by atoms with Crippen LogP contribution in [-0.2, 0) is 4.79 Å². The predicted molar refractivity (Wildman–Crippen MR) is 36.1 cm³/mol. The van der Waals surface area contributed by atoms with Gasteiger partial charge in [0.2, 0.25) is 0 Å². The summed E-state index contributed by atoms with van der Waals surface area (Å²) in [6, 6.07) is 0. The van der Waals surface area contributed by atoms with Gasteiger partial charge in [0, 0.05) is 6.42 Å². The van der Waals surface area contributed by atoms with Crippen LogP contribution in [0.3, 0.4) is 0 Å². The number of aliphatic hydroxyl groups excluding tert-OH is 1. The summed E-state index contributed by atoms with van der Waals surface area (Å²) < 4.78 is 0. The molecule has 0 aliphatic rings. The van der Waals surface area contributed by atoms with Crippen molar-refractivity contribution in [3.8, 4) is 0 Å². The highest BCUT2D eigenvalue weighted by atomic mass is 16.3. The van der Waals surface area contributed by atoms with Crippen LogP contribution in [-0.4, -0.2) is 17.5 Å². The van der Waals surface area contributed by atoms with Crippen LogP contribution in [0.2, 0.25) is 0 Å². The SMILES string of the molecule is CC(C)=CC(=O)CCO. The third-order valence-electron chi connectivity index (χ3n) is 0.808. The zero-order chi connectivity index (χ0) is 7.28. The molecule has 2 nitrogen and oxygen atoms in total. The van der Waals surface area contributed by atoms with E-state index >= 15 is 0 Å². The molecule has 0 bridgehead atoms. The van der Waals surface area contributed by atoms with Gasteiger partial charge in [-0.1, -0.05) is 5.57 Å². The van der Waals surface area contributed by atoms with Gasteiger partial charge in [0.15, 0.2) is 5.78 Å². The first kappa shape index (κ1) is 8.37. The summed E-state index contributed by atoms with van der Waals surface area (Å²) in [6.45, 7) is 3.66. The molecule has 9 heavy (non-hydrogen) atoms. The smallest absolute Gasteiger partial charge is 0.157 e. The molecule has 0 saturated heterocycles. The van der Waals surface area contributed by atoms with Crippen LogP contribution in [0, 0.1) is 0 Å². The molecule has 0 heterocycles. The molecule has 0 aliphatic carbocycles. The molecule has 0 spiro atoms. The van der Waals surface area contributed by atoms with E-state index in [1.807, 2.05) is 13.8 Å². The highest BCUT2D eigenvalue weighted by molar-refractivity contribution is 5.90. The number of ketones is 1. The number of allylic oxidation sites excluding steroid dienone is 2. The van der Waals surface area contributed by atoms with Crippen molar-refractivity contribution in [2.24, 2.45) is 0 Å². The van der Waals surface area contributed by atoms with Crippen molar-refractivity contribution >= 4 is 5.78 Å². The van der Waals surface area contributed by atoms with Crippen LogP contribution in [0.15, 0.2) is 11.6 Å². The Labute approximate surface area is 55.2 Å². The van der Waals surface area contributed by atoms with Gasteiger partial charge >= 0.3 is 0 Å². The van der Waals surface area contributed by atoms with Crippen molar-refractivity contribution in [1.29, 1.82) is 0 Å². The topological polar surface area (TPSA) is 37.3 Å². The van der Waals surface area contributed by atoms with Gasteiger partial charge in [0.25, 0.3) is 0 Å². The normalized spacial score (nSPS) is 8.78. The van der Waals surface area contributed by atoms with Gasteiger partial charge < -0.3 is 5.11 Å². The Balaban J connectivity index is 3.63. The van der Waals surface area contributed by atoms with E-state index in [1.165, 1.54) is 6.08 Å². The molecule has 0 fully saturated rings. The Hall–Kier alpha value is -0.630. The molecule has 52 valence electrons. The number of hydrogen-bond donors (Lipinski definition) is 1. The van der Waals surface area contributed by atoms with Gasteiger partial charge in [-0.3, -0.25) is 4.79 Å². The lowest BCUT2D eigenvalue weighted by molar-refractivity contribution is -0.115. The Bertz CT molecular complexity index is 121. The largest absolute Gasteiger partial charge is 0.396 e. The van der Waals surface area contributed by atoms with Crippen LogP contribution >= 0.6 is 0 Å². The van der Waals surface area contributed by atoms with E-state index in [2.05, 4.69) is 0 Å². The van der Waals surface area contributed by atoms with E-state index in [9.17, 15) is 4.79 Å². The van der Waals surface area contributed by atoms with E-state index < -0.39 is 0 Å². The van der Waals surface area contributed by atoms with E-state index in [0.717, 1.165) is 5.57 Å². The first-order chi connectivity index (χ1) is 4.16. The molecule has 0 unspecified atom stereocenters. The van der Waals surface area contributed by atoms with Gasteiger partial charge in [-0.15, -0.1) is 0 Å².